The van der Waals surface area contributed by atoms with E-state index in [0.717, 1.165) is 5.69 Å². The number of nitrogens with zero attached hydrogens (tertiary/aromatic N) is 2. The van der Waals surface area contributed by atoms with Crippen molar-refractivity contribution in [2.75, 3.05) is 18.6 Å². The quantitative estimate of drug-likeness (QED) is 0.758. The summed E-state index contributed by atoms with van der Waals surface area (Å²) in [7, 11) is 1.32. The van der Waals surface area contributed by atoms with Crippen molar-refractivity contribution in [2.24, 2.45) is 5.92 Å². The van der Waals surface area contributed by atoms with Gasteiger partial charge in [0, 0.05) is 24.4 Å². The molecule has 2 heterocycles. The average Bonchev–Trinajstić information content (AvgIpc) is 2.93. The van der Waals surface area contributed by atoms with Crippen molar-refractivity contribution in [3.05, 3.63) is 11.8 Å². The maximum atomic E-state index is 11.9. The van der Waals surface area contributed by atoms with Crippen molar-refractivity contribution in [3.8, 4) is 0 Å². The summed E-state index contributed by atoms with van der Waals surface area (Å²) in [4.78, 5) is 24.8. The van der Waals surface area contributed by atoms with Crippen LogP contribution in [0.25, 0.3) is 0 Å². The zero-order chi connectivity index (χ0) is 14.2. The fraction of sp³-hybridized carbons (Fsp3) is 0.615. The second-order valence-corrected chi connectivity index (χ2v) is 5.73. The van der Waals surface area contributed by atoms with E-state index in [1.165, 1.54) is 12.0 Å². The van der Waals surface area contributed by atoms with Gasteiger partial charge in [0.2, 0.25) is 11.8 Å². The van der Waals surface area contributed by atoms with E-state index in [1.54, 1.807) is 6.07 Å². The molecule has 1 unspecified atom stereocenters. The molecule has 1 fully saturated rings. The minimum atomic E-state index is -0.430. The van der Waals surface area contributed by atoms with Crippen LogP contribution in [-0.2, 0) is 19.7 Å². The van der Waals surface area contributed by atoms with Crippen LogP contribution >= 0.6 is 0 Å². The first kappa shape index (κ1) is 13.6. The molecule has 1 amide bonds. The Morgan fingerprint density at radius 1 is 1.53 bits per heavy atom. The molecule has 0 radical (unpaired) electrons. The van der Waals surface area contributed by atoms with Gasteiger partial charge in [-0.15, -0.1) is 0 Å². The standard InChI is InChI=1S/C13H18N2O4/c1-13(2,3)9-6-11(19-14-9)15-7-8(5-10(15)16)12(17)18-4/h6,8H,5,7H2,1-4H3. The molecule has 6 heteroatoms. The van der Waals surface area contributed by atoms with E-state index in [0.29, 0.717) is 5.88 Å². The third-order valence-corrected chi connectivity index (χ3v) is 3.19. The average molecular weight is 266 g/mol. The number of esters is 1. The molecule has 0 spiro atoms. The molecular formula is C13H18N2O4. The highest BCUT2D eigenvalue weighted by Gasteiger charge is 2.38. The molecule has 104 valence electrons. The normalized spacial score (nSPS) is 19.9. The molecule has 0 saturated carbocycles. The Bertz CT molecular complexity index is 501. The minimum absolute atomic E-state index is 0.146. The molecule has 0 aromatic carbocycles. The van der Waals surface area contributed by atoms with Crippen LogP contribution in [0.5, 0.6) is 0 Å². The Morgan fingerprint density at radius 2 is 2.21 bits per heavy atom. The third-order valence-electron chi connectivity index (χ3n) is 3.19. The molecule has 1 aromatic rings. The molecule has 1 aliphatic rings. The molecule has 0 aliphatic carbocycles. The van der Waals surface area contributed by atoms with Gasteiger partial charge in [-0.2, -0.15) is 0 Å². The van der Waals surface area contributed by atoms with Crippen molar-refractivity contribution in [1.82, 2.24) is 5.16 Å². The van der Waals surface area contributed by atoms with E-state index < -0.39 is 5.92 Å². The van der Waals surface area contributed by atoms with Crippen molar-refractivity contribution >= 4 is 17.8 Å². The lowest BCUT2D eigenvalue weighted by Gasteiger charge is -2.13. The number of amides is 1. The first-order chi connectivity index (χ1) is 8.82. The van der Waals surface area contributed by atoms with Gasteiger partial charge in [0.05, 0.1) is 18.7 Å². The van der Waals surface area contributed by atoms with Crippen LogP contribution in [0.2, 0.25) is 0 Å². The molecule has 1 aliphatic heterocycles. The van der Waals surface area contributed by atoms with E-state index in [1.807, 2.05) is 20.8 Å². The van der Waals surface area contributed by atoms with E-state index in [9.17, 15) is 9.59 Å². The SMILES string of the molecule is COC(=O)C1CC(=O)N(c2cc(C(C)(C)C)no2)C1. The lowest BCUT2D eigenvalue weighted by molar-refractivity contribution is -0.145. The third kappa shape index (κ3) is 2.62. The molecule has 1 atom stereocenters. The summed E-state index contributed by atoms with van der Waals surface area (Å²) in [5, 5.41) is 3.97. The van der Waals surface area contributed by atoms with Crippen LogP contribution in [0.3, 0.4) is 0 Å². The molecule has 6 nitrogen and oxygen atoms in total. The summed E-state index contributed by atoms with van der Waals surface area (Å²) >= 11 is 0. The Morgan fingerprint density at radius 3 is 2.74 bits per heavy atom. The number of anilines is 1. The maximum absolute atomic E-state index is 11.9. The van der Waals surface area contributed by atoms with E-state index in [4.69, 9.17) is 4.52 Å². The van der Waals surface area contributed by atoms with Crippen molar-refractivity contribution in [3.63, 3.8) is 0 Å². The molecule has 2 rings (SSSR count). The van der Waals surface area contributed by atoms with E-state index in [2.05, 4.69) is 9.89 Å². The Hall–Kier alpha value is -1.85. The monoisotopic (exact) mass is 266 g/mol. The second kappa shape index (κ2) is 4.68. The van der Waals surface area contributed by atoms with Crippen molar-refractivity contribution in [1.29, 1.82) is 0 Å². The summed E-state index contributed by atoms with van der Waals surface area (Å²) in [6.45, 7) is 6.32. The molecule has 1 saturated heterocycles. The largest absolute Gasteiger partial charge is 0.469 e. The fourth-order valence-electron chi connectivity index (χ4n) is 1.99. The van der Waals surface area contributed by atoms with Crippen LogP contribution < -0.4 is 4.90 Å². The van der Waals surface area contributed by atoms with Crippen LogP contribution in [0.1, 0.15) is 32.9 Å². The van der Waals surface area contributed by atoms with E-state index >= 15 is 0 Å². The topological polar surface area (TPSA) is 72.6 Å². The highest BCUT2D eigenvalue weighted by atomic mass is 16.5. The van der Waals surface area contributed by atoms with Gasteiger partial charge in [-0.25, -0.2) is 0 Å². The molecule has 1 aromatic heterocycles. The lowest BCUT2D eigenvalue weighted by atomic mass is 9.92. The number of aromatic nitrogens is 1. The van der Waals surface area contributed by atoms with Gasteiger partial charge in [-0.3, -0.25) is 14.5 Å². The Balaban J connectivity index is 2.17. The molecule has 0 N–H and O–H groups in total. The van der Waals surface area contributed by atoms with Gasteiger partial charge in [-0.1, -0.05) is 25.9 Å². The Labute approximate surface area is 111 Å². The van der Waals surface area contributed by atoms with Crippen LogP contribution in [-0.4, -0.2) is 30.7 Å². The highest BCUT2D eigenvalue weighted by molar-refractivity contribution is 5.98. The highest BCUT2D eigenvalue weighted by Crippen LogP contribution is 2.30. The van der Waals surface area contributed by atoms with Crippen molar-refractivity contribution in [2.45, 2.75) is 32.6 Å². The number of ether oxygens (including phenoxy) is 1. The smallest absolute Gasteiger partial charge is 0.311 e. The first-order valence-electron chi connectivity index (χ1n) is 6.18. The van der Waals surface area contributed by atoms with E-state index in [-0.39, 0.29) is 30.3 Å². The predicted molar refractivity (Wildman–Crippen MR) is 67.7 cm³/mol. The zero-order valence-corrected chi connectivity index (χ0v) is 11.6. The van der Waals surface area contributed by atoms with Crippen LogP contribution in [0.15, 0.2) is 10.6 Å². The first-order valence-corrected chi connectivity index (χ1v) is 6.18. The lowest BCUT2D eigenvalue weighted by Crippen LogP contribution is -2.25. The Kier molecular flexibility index (Phi) is 3.34. The summed E-state index contributed by atoms with van der Waals surface area (Å²) in [5.74, 6) is -0.555. The number of carbonyl (C=O) groups excluding carboxylic acids is 2. The minimum Gasteiger partial charge on any atom is -0.469 e. The number of rotatable bonds is 2. The fourth-order valence-corrected chi connectivity index (χ4v) is 1.99. The number of hydrogen-bond donors (Lipinski definition) is 0. The number of hydrogen-bond acceptors (Lipinski definition) is 5. The van der Waals surface area contributed by atoms with Crippen LogP contribution in [0.4, 0.5) is 5.88 Å². The van der Waals surface area contributed by atoms with Crippen LogP contribution in [0, 0.1) is 5.92 Å². The number of carbonyl (C=O) groups is 2. The summed E-state index contributed by atoms with van der Waals surface area (Å²) in [6, 6.07) is 1.75. The van der Waals surface area contributed by atoms with Gasteiger partial charge in [0.15, 0.2) is 0 Å². The molecule has 19 heavy (non-hydrogen) atoms. The molecular weight excluding hydrogens is 248 g/mol. The molecule has 0 bridgehead atoms. The van der Waals surface area contributed by atoms with Crippen molar-refractivity contribution < 1.29 is 18.8 Å². The second-order valence-electron chi connectivity index (χ2n) is 5.73. The predicted octanol–water partition coefficient (Wildman–Crippen LogP) is 1.50. The van der Waals surface area contributed by atoms with Gasteiger partial charge in [-0.05, 0) is 0 Å². The van der Waals surface area contributed by atoms with Gasteiger partial charge in [0.25, 0.3) is 0 Å². The summed E-state index contributed by atoms with van der Waals surface area (Å²) in [6.07, 6.45) is 0.151. The van der Waals surface area contributed by atoms with Gasteiger partial charge >= 0.3 is 5.97 Å². The zero-order valence-electron chi connectivity index (χ0n) is 11.6. The summed E-state index contributed by atoms with van der Waals surface area (Å²) in [5.41, 5.74) is 0.628. The summed E-state index contributed by atoms with van der Waals surface area (Å²) < 4.78 is 9.87. The van der Waals surface area contributed by atoms with Gasteiger partial charge < -0.3 is 9.26 Å². The van der Waals surface area contributed by atoms with Gasteiger partial charge in [0.1, 0.15) is 0 Å². The number of methoxy groups -OCH3 is 1. The maximum Gasteiger partial charge on any atom is 0.311 e.